The third kappa shape index (κ3) is 5.73. The van der Waals surface area contributed by atoms with Crippen molar-refractivity contribution in [3.8, 4) is 11.5 Å². The second kappa shape index (κ2) is 10.8. The zero-order valence-electron chi connectivity index (χ0n) is 19.1. The maximum Gasteiger partial charge on any atom is 0.341 e. The Kier molecular flexibility index (Phi) is 7.90. The Balaban J connectivity index is 1.64. The van der Waals surface area contributed by atoms with Gasteiger partial charge in [-0.15, -0.1) is 11.3 Å². The summed E-state index contributed by atoms with van der Waals surface area (Å²) in [5.74, 6) is -1.17. The number of amides is 2. The van der Waals surface area contributed by atoms with Crippen LogP contribution in [-0.2, 0) is 19.1 Å². The van der Waals surface area contributed by atoms with Crippen LogP contribution in [-0.4, -0.2) is 62.8 Å². The van der Waals surface area contributed by atoms with Gasteiger partial charge in [-0.05, 0) is 43.2 Å². The molecule has 0 aliphatic carbocycles. The Morgan fingerprint density at radius 3 is 2.59 bits per heavy atom. The van der Waals surface area contributed by atoms with E-state index in [0.717, 1.165) is 11.3 Å². The monoisotopic (exact) mass is 488 g/mol. The van der Waals surface area contributed by atoms with E-state index < -0.39 is 24.5 Å². The molecule has 0 radical (unpaired) electrons. The number of carbonyl (C=O) groups is 4. The minimum Gasteiger partial charge on any atom is -0.462 e. The fourth-order valence-electron chi connectivity index (χ4n) is 2.99. The van der Waals surface area contributed by atoms with E-state index in [0.29, 0.717) is 27.5 Å². The van der Waals surface area contributed by atoms with E-state index in [1.165, 1.54) is 17.1 Å². The van der Waals surface area contributed by atoms with Crippen LogP contribution in [0.25, 0.3) is 6.08 Å². The van der Waals surface area contributed by atoms with Crippen LogP contribution in [0.15, 0.2) is 24.3 Å². The predicted molar refractivity (Wildman–Crippen MR) is 124 cm³/mol. The lowest BCUT2D eigenvalue weighted by Crippen LogP contribution is -2.21. The summed E-state index contributed by atoms with van der Waals surface area (Å²) in [6, 6.07) is 5.17. The number of nitrogens with zero attached hydrogens (tertiary/aromatic N) is 1. The van der Waals surface area contributed by atoms with Gasteiger partial charge in [-0.3, -0.25) is 9.59 Å². The predicted octanol–water partition coefficient (Wildman–Crippen LogP) is 2.86. The van der Waals surface area contributed by atoms with Gasteiger partial charge in [0.1, 0.15) is 5.00 Å². The SMILES string of the molecule is CCOC(=O)c1c(NC(=O)COC(=O)C=Cc2ccc3c(c2)OCO3)sc(C(=O)N(C)C)c1C. The number of nitrogens with one attached hydrogen (secondary N) is 1. The third-order valence-corrected chi connectivity index (χ3v) is 5.83. The molecule has 0 spiro atoms. The molecule has 34 heavy (non-hydrogen) atoms. The van der Waals surface area contributed by atoms with Gasteiger partial charge in [0.05, 0.1) is 17.0 Å². The van der Waals surface area contributed by atoms with Crippen molar-refractivity contribution >= 4 is 46.2 Å². The van der Waals surface area contributed by atoms with Crippen molar-refractivity contribution in [3.05, 3.63) is 45.8 Å². The van der Waals surface area contributed by atoms with E-state index in [-0.39, 0.29) is 29.9 Å². The highest BCUT2D eigenvalue weighted by Crippen LogP contribution is 2.35. The van der Waals surface area contributed by atoms with Crippen molar-refractivity contribution in [2.75, 3.05) is 39.4 Å². The smallest absolute Gasteiger partial charge is 0.341 e. The van der Waals surface area contributed by atoms with E-state index in [9.17, 15) is 19.2 Å². The van der Waals surface area contributed by atoms with Gasteiger partial charge >= 0.3 is 11.9 Å². The number of thiophene rings is 1. The van der Waals surface area contributed by atoms with Crippen LogP contribution < -0.4 is 14.8 Å². The third-order valence-electron chi connectivity index (χ3n) is 4.63. The van der Waals surface area contributed by atoms with Crippen molar-refractivity contribution in [1.29, 1.82) is 0 Å². The summed E-state index contributed by atoms with van der Waals surface area (Å²) >= 11 is 0.956. The zero-order chi connectivity index (χ0) is 24.8. The van der Waals surface area contributed by atoms with Crippen LogP contribution in [0.2, 0.25) is 0 Å². The van der Waals surface area contributed by atoms with Crippen molar-refractivity contribution in [2.24, 2.45) is 0 Å². The van der Waals surface area contributed by atoms with Gasteiger partial charge in [-0.25, -0.2) is 9.59 Å². The molecular weight excluding hydrogens is 464 g/mol. The van der Waals surface area contributed by atoms with Crippen molar-refractivity contribution in [2.45, 2.75) is 13.8 Å². The molecular formula is C23H24N2O8S. The van der Waals surface area contributed by atoms with Crippen molar-refractivity contribution < 1.29 is 38.1 Å². The number of hydrogen-bond acceptors (Lipinski definition) is 9. The minimum absolute atomic E-state index is 0.0967. The first-order valence-electron chi connectivity index (χ1n) is 10.3. The molecule has 1 aliphatic heterocycles. The lowest BCUT2D eigenvalue weighted by molar-refractivity contribution is -0.142. The molecule has 1 aliphatic rings. The van der Waals surface area contributed by atoms with Crippen LogP contribution in [0.4, 0.5) is 5.00 Å². The molecule has 1 aromatic heterocycles. The number of ether oxygens (including phenoxy) is 4. The van der Waals surface area contributed by atoms with Gasteiger partial charge in [-0.2, -0.15) is 0 Å². The lowest BCUT2D eigenvalue weighted by Gasteiger charge is -2.09. The maximum absolute atomic E-state index is 12.4. The Morgan fingerprint density at radius 1 is 1.15 bits per heavy atom. The molecule has 0 saturated heterocycles. The van der Waals surface area contributed by atoms with E-state index in [2.05, 4.69) is 5.32 Å². The number of carbonyl (C=O) groups excluding carboxylic acids is 4. The molecule has 0 bridgehead atoms. The summed E-state index contributed by atoms with van der Waals surface area (Å²) < 4.78 is 20.6. The molecule has 1 N–H and O–H groups in total. The summed E-state index contributed by atoms with van der Waals surface area (Å²) in [7, 11) is 3.17. The zero-order valence-corrected chi connectivity index (χ0v) is 19.9. The molecule has 0 unspecified atom stereocenters. The van der Waals surface area contributed by atoms with E-state index >= 15 is 0 Å². The first kappa shape index (κ1) is 24.8. The molecule has 11 heteroatoms. The Bertz CT molecular complexity index is 1150. The van der Waals surface area contributed by atoms with Gasteiger partial charge in [0.25, 0.3) is 11.8 Å². The van der Waals surface area contributed by atoms with Crippen LogP contribution in [0.1, 0.15) is 38.1 Å². The number of rotatable bonds is 8. The number of hydrogen-bond donors (Lipinski definition) is 1. The minimum atomic E-state index is -0.732. The topological polar surface area (TPSA) is 120 Å². The molecule has 1 aromatic carbocycles. The largest absolute Gasteiger partial charge is 0.462 e. The Hall–Kier alpha value is -3.86. The number of esters is 2. The van der Waals surface area contributed by atoms with Gasteiger partial charge in [0.15, 0.2) is 18.1 Å². The summed E-state index contributed by atoms with van der Waals surface area (Å²) in [6.07, 6.45) is 2.70. The molecule has 2 heterocycles. The van der Waals surface area contributed by atoms with Gasteiger partial charge < -0.3 is 29.2 Å². The Labute approximate surface area is 200 Å². The molecule has 0 saturated carbocycles. The van der Waals surface area contributed by atoms with Gasteiger partial charge in [0.2, 0.25) is 6.79 Å². The Morgan fingerprint density at radius 2 is 1.88 bits per heavy atom. The molecule has 2 aromatic rings. The average molecular weight is 489 g/mol. The van der Waals surface area contributed by atoms with Crippen LogP contribution in [0, 0.1) is 6.92 Å². The summed E-state index contributed by atoms with van der Waals surface area (Å²) in [5, 5.41) is 2.69. The summed E-state index contributed by atoms with van der Waals surface area (Å²) in [5.41, 5.74) is 1.19. The molecule has 3 rings (SSSR count). The van der Waals surface area contributed by atoms with Crippen LogP contribution >= 0.6 is 11.3 Å². The lowest BCUT2D eigenvalue weighted by atomic mass is 10.1. The normalized spacial score (nSPS) is 11.9. The summed E-state index contributed by atoms with van der Waals surface area (Å²) in [4.78, 5) is 51.0. The molecule has 0 fully saturated rings. The average Bonchev–Trinajstić information content (AvgIpc) is 3.39. The second-order valence-corrected chi connectivity index (χ2v) is 8.30. The highest BCUT2D eigenvalue weighted by molar-refractivity contribution is 7.18. The van der Waals surface area contributed by atoms with Gasteiger partial charge in [0, 0.05) is 20.2 Å². The quantitative estimate of drug-likeness (QED) is 0.445. The molecule has 180 valence electrons. The van der Waals surface area contributed by atoms with Crippen molar-refractivity contribution in [1.82, 2.24) is 4.90 Å². The summed E-state index contributed by atoms with van der Waals surface area (Å²) in [6.45, 7) is 2.95. The first-order valence-corrected chi connectivity index (χ1v) is 11.1. The van der Waals surface area contributed by atoms with Gasteiger partial charge in [-0.1, -0.05) is 6.07 Å². The second-order valence-electron chi connectivity index (χ2n) is 7.28. The van der Waals surface area contributed by atoms with Crippen molar-refractivity contribution in [3.63, 3.8) is 0 Å². The van der Waals surface area contributed by atoms with Crippen LogP contribution in [0.3, 0.4) is 0 Å². The standard InChI is InChI=1S/C23H24N2O8S/c1-5-30-23(29)19-13(2)20(22(28)25(3)4)34-21(19)24-17(26)11-31-18(27)9-7-14-6-8-15-16(10-14)33-12-32-15/h6-10H,5,11-12H2,1-4H3,(H,24,26). The number of fused-ring (bicyclic) bond motifs is 1. The first-order chi connectivity index (χ1) is 16.2. The van der Waals surface area contributed by atoms with E-state index in [1.807, 2.05) is 0 Å². The highest BCUT2D eigenvalue weighted by Gasteiger charge is 2.27. The number of anilines is 1. The fraction of sp³-hybridized carbons (Fsp3) is 0.304. The molecule has 0 atom stereocenters. The van der Waals surface area contributed by atoms with Crippen LogP contribution in [0.5, 0.6) is 11.5 Å². The van der Waals surface area contributed by atoms with E-state index in [4.69, 9.17) is 18.9 Å². The van der Waals surface area contributed by atoms with E-state index in [1.54, 1.807) is 46.1 Å². The molecule has 10 nitrogen and oxygen atoms in total. The number of benzene rings is 1. The fourth-order valence-corrected chi connectivity index (χ4v) is 4.22. The highest BCUT2D eigenvalue weighted by atomic mass is 32.1. The maximum atomic E-state index is 12.4. The molecule has 2 amide bonds.